The molecule has 0 bridgehead atoms. The van der Waals surface area contributed by atoms with Crippen molar-refractivity contribution in [2.75, 3.05) is 0 Å². The van der Waals surface area contributed by atoms with Gasteiger partial charge in [0.2, 0.25) is 0 Å². The Kier molecular flexibility index (Phi) is 2.96. The summed E-state index contributed by atoms with van der Waals surface area (Å²) in [6, 6.07) is 7.88. The van der Waals surface area contributed by atoms with Crippen LogP contribution in [0.2, 0.25) is 5.02 Å². The maximum atomic E-state index is 11.2. The molecule has 2 aromatic rings. The minimum atomic E-state index is -4.27. The minimum absolute atomic E-state index is 0.184. The Bertz CT molecular complexity index is 667. The molecule has 0 unspecified atom stereocenters. The third kappa shape index (κ3) is 1.96. The van der Waals surface area contributed by atoms with Gasteiger partial charge in [0.25, 0.3) is 10.1 Å². The Labute approximate surface area is 106 Å². The van der Waals surface area contributed by atoms with Crippen LogP contribution in [0.15, 0.2) is 39.7 Å². The van der Waals surface area contributed by atoms with E-state index in [9.17, 15) is 8.42 Å². The largest absolute Gasteiger partial charge is 0.295 e. The summed E-state index contributed by atoms with van der Waals surface area (Å²) in [4.78, 5) is -0.184. The van der Waals surface area contributed by atoms with Crippen molar-refractivity contribution in [1.82, 2.24) is 0 Å². The lowest BCUT2D eigenvalue weighted by Gasteiger charge is -2.07. The van der Waals surface area contributed by atoms with Crippen LogP contribution >= 0.6 is 27.5 Å². The van der Waals surface area contributed by atoms with Crippen LogP contribution in [0.1, 0.15) is 0 Å². The maximum absolute atomic E-state index is 11.2. The summed E-state index contributed by atoms with van der Waals surface area (Å²) in [5.74, 6) is 0. The molecule has 2 aromatic carbocycles. The summed E-state index contributed by atoms with van der Waals surface area (Å²) in [6.45, 7) is 0. The van der Waals surface area contributed by atoms with E-state index >= 15 is 0 Å². The molecule has 0 heterocycles. The van der Waals surface area contributed by atoms with Crippen molar-refractivity contribution >= 4 is 48.4 Å². The predicted molar refractivity (Wildman–Crippen MR) is 66.5 cm³/mol. The fourth-order valence-electron chi connectivity index (χ4n) is 1.51. The molecule has 0 saturated carbocycles. The summed E-state index contributed by atoms with van der Waals surface area (Å²) in [6.07, 6.45) is 0. The van der Waals surface area contributed by atoms with E-state index in [1.54, 1.807) is 24.3 Å². The van der Waals surface area contributed by atoms with Gasteiger partial charge in [0.15, 0.2) is 0 Å². The third-order valence-electron chi connectivity index (χ3n) is 2.18. The average Bonchev–Trinajstić information content (AvgIpc) is 2.22. The summed E-state index contributed by atoms with van der Waals surface area (Å²) in [7, 11) is -4.27. The fraction of sp³-hybridized carbons (Fsp3) is 0. The van der Waals surface area contributed by atoms with E-state index in [-0.39, 0.29) is 9.92 Å². The van der Waals surface area contributed by atoms with E-state index in [0.29, 0.717) is 10.8 Å². The Balaban J connectivity index is 3.04. The maximum Gasteiger partial charge on any atom is 0.295 e. The quantitative estimate of drug-likeness (QED) is 0.818. The molecule has 0 aliphatic heterocycles. The van der Waals surface area contributed by atoms with Crippen molar-refractivity contribution in [3.8, 4) is 0 Å². The number of halogens is 2. The van der Waals surface area contributed by atoms with Crippen LogP contribution in [0.25, 0.3) is 10.8 Å². The highest BCUT2D eigenvalue weighted by molar-refractivity contribution is 9.10. The van der Waals surface area contributed by atoms with Crippen molar-refractivity contribution < 1.29 is 13.0 Å². The van der Waals surface area contributed by atoms with Crippen molar-refractivity contribution in [2.24, 2.45) is 0 Å². The van der Waals surface area contributed by atoms with E-state index in [2.05, 4.69) is 15.9 Å². The zero-order valence-electron chi connectivity index (χ0n) is 7.81. The van der Waals surface area contributed by atoms with Crippen LogP contribution in [0.5, 0.6) is 0 Å². The monoisotopic (exact) mass is 320 g/mol. The van der Waals surface area contributed by atoms with Gasteiger partial charge in [0.05, 0.1) is 0 Å². The minimum Gasteiger partial charge on any atom is -0.282 e. The third-order valence-corrected chi connectivity index (χ3v) is 4.08. The first-order chi connectivity index (χ1) is 7.41. The summed E-state index contributed by atoms with van der Waals surface area (Å²) in [5, 5.41) is 1.25. The standard InChI is InChI=1S/C10H6BrClO3S/c11-7-4-5-8(12)10-6(7)2-1-3-9(10)16(13,14)15/h1-5H,(H,13,14,15). The molecule has 16 heavy (non-hydrogen) atoms. The highest BCUT2D eigenvalue weighted by Crippen LogP contribution is 2.34. The van der Waals surface area contributed by atoms with E-state index in [0.717, 1.165) is 4.47 Å². The van der Waals surface area contributed by atoms with Gasteiger partial charge in [-0.1, -0.05) is 39.7 Å². The topological polar surface area (TPSA) is 54.4 Å². The first kappa shape index (κ1) is 11.9. The van der Waals surface area contributed by atoms with Gasteiger partial charge in [-0.15, -0.1) is 0 Å². The van der Waals surface area contributed by atoms with Gasteiger partial charge in [-0.3, -0.25) is 4.55 Å². The van der Waals surface area contributed by atoms with Crippen molar-refractivity contribution in [3.05, 3.63) is 39.8 Å². The van der Waals surface area contributed by atoms with Gasteiger partial charge in [-0.25, -0.2) is 0 Å². The highest BCUT2D eigenvalue weighted by Gasteiger charge is 2.16. The highest BCUT2D eigenvalue weighted by atomic mass is 79.9. The van der Waals surface area contributed by atoms with Gasteiger partial charge >= 0.3 is 0 Å². The van der Waals surface area contributed by atoms with Crippen molar-refractivity contribution in [3.63, 3.8) is 0 Å². The molecule has 3 nitrogen and oxygen atoms in total. The van der Waals surface area contributed by atoms with Gasteiger partial charge < -0.3 is 0 Å². The van der Waals surface area contributed by atoms with Gasteiger partial charge in [-0.05, 0) is 23.6 Å². The fourth-order valence-corrected chi connectivity index (χ4v) is 3.02. The van der Waals surface area contributed by atoms with Crippen molar-refractivity contribution in [1.29, 1.82) is 0 Å². The second-order valence-electron chi connectivity index (χ2n) is 3.18. The lowest BCUT2D eigenvalue weighted by Crippen LogP contribution is -1.99. The van der Waals surface area contributed by atoms with E-state index < -0.39 is 10.1 Å². The second kappa shape index (κ2) is 4.00. The van der Waals surface area contributed by atoms with Crippen LogP contribution in [0.4, 0.5) is 0 Å². The zero-order valence-corrected chi connectivity index (χ0v) is 11.0. The molecule has 0 radical (unpaired) electrons. The molecule has 0 aromatic heterocycles. The average molecular weight is 322 g/mol. The molecule has 84 valence electrons. The van der Waals surface area contributed by atoms with Gasteiger partial charge in [0.1, 0.15) is 4.90 Å². The summed E-state index contributed by atoms with van der Waals surface area (Å²) < 4.78 is 32.2. The molecular weight excluding hydrogens is 316 g/mol. The van der Waals surface area contributed by atoms with E-state index in [1.807, 2.05) is 0 Å². The van der Waals surface area contributed by atoms with E-state index in [4.69, 9.17) is 16.2 Å². The summed E-state index contributed by atoms with van der Waals surface area (Å²) in [5.41, 5.74) is 0. The Hall–Kier alpha value is -0.620. The number of hydrogen-bond acceptors (Lipinski definition) is 2. The number of benzene rings is 2. The van der Waals surface area contributed by atoms with Gasteiger partial charge in [-0.2, -0.15) is 8.42 Å². The molecule has 0 spiro atoms. The Morgan fingerprint density at radius 2 is 1.88 bits per heavy atom. The smallest absolute Gasteiger partial charge is 0.282 e. The second-order valence-corrected chi connectivity index (χ2v) is 5.83. The normalized spacial score (nSPS) is 11.9. The van der Waals surface area contributed by atoms with Crippen molar-refractivity contribution in [2.45, 2.75) is 4.90 Å². The molecule has 0 saturated heterocycles. The molecule has 0 aliphatic carbocycles. The predicted octanol–water partition coefficient (Wildman–Crippen LogP) is 3.50. The first-order valence-electron chi connectivity index (χ1n) is 4.25. The summed E-state index contributed by atoms with van der Waals surface area (Å²) >= 11 is 9.24. The lowest BCUT2D eigenvalue weighted by atomic mass is 10.1. The van der Waals surface area contributed by atoms with Crippen LogP contribution in [-0.2, 0) is 10.1 Å². The number of hydrogen-bond donors (Lipinski definition) is 1. The van der Waals surface area contributed by atoms with Crippen LogP contribution in [-0.4, -0.2) is 13.0 Å². The first-order valence-corrected chi connectivity index (χ1v) is 6.86. The molecular formula is C10H6BrClO3S. The van der Waals surface area contributed by atoms with Gasteiger partial charge in [0, 0.05) is 14.9 Å². The molecule has 2 rings (SSSR count). The molecule has 0 aliphatic rings. The Morgan fingerprint density at radius 1 is 1.19 bits per heavy atom. The van der Waals surface area contributed by atoms with E-state index in [1.165, 1.54) is 6.07 Å². The lowest BCUT2D eigenvalue weighted by molar-refractivity contribution is 0.484. The zero-order chi connectivity index (χ0) is 11.9. The molecule has 6 heteroatoms. The van der Waals surface area contributed by atoms with Crippen LogP contribution < -0.4 is 0 Å². The molecule has 0 amide bonds. The SMILES string of the molecule is O=S(=O)(O)c1cccc2c(Br)ccc(Cl)c12. The number of fused-ring (bicyclic) bond motifs is 1. The molecule has 0 fully saturated rings. The van der Waals surface area contributed by atoms with Crippen LogP contribution in [0.3, 0.4) is 0 Å². The van der Waals surface area contributed by atoms with Crippen LogP contribution in [0, 0.1) is 0 Å². The Morgan fingerprint density at radius 3 is 2.50 bits per heavy atom. The molecule has 0 atom stereocenters. The number of rotatable bonds is 1. The molecule has 1 N–H and O–H groups in total.